The molecule has 1 fully saturated rings. The standard InChI is InChI=1S/C22H23F3O5/c1-15(26)16-2-7-20(22(23,24)25)21(14-16)30-19-5-3-17(4-6-19)28-12-13-29-18-8-10-27-11-9-18/h2-7,14,18H,8-13H2,1H3. The Morgan fingerprint density at radius 3 is 2.33 bits per heavy atom. The van der Waals surface area contributed by atoms with Crippen molar-refractivity contribution in [2.75, 3.05) is 26.4 Å². The molecule has 1 aliphatic rings. The van der Waals surface area contributed by atoms with Crippen LogP contribution in [0.1, 0.15) is 35.7 Å². The van der Waals surface area contributed by atoms with Gasteiger partial charge in [0.15, 0.2) is 5.78 Å². The number of carbonyl (C=O) groups excluding carboxylic acids is 1. The highest BCUT2D eigenvalue weighted by atomic mass is 19.4. The van der Waals surface area contributed by atoms with E-state index in [2.05, 4.69) is 0 Å². The first-order valence-corrected chi connectivity index (χ1v) is 9.65. The first-order valence-electron chi connectivity index (χ1n) is 9.65. The number of Topliss-reactive ketones (excluding diaryl/α,β-unsaturated/α-hetero) is 1. The van der Waals surface area contributed by atoms with Gasteiger partial charge in [0.2, 0.25) is 0 Å². The molecule has 0 spiro atoms. The summed E-state index contributed by atoms with van der Waals surface area (Å²) in [5.74, 6) is -0.0208. The molecule has 0 aliphatic carbocycles. The van der Waals surface area contributed by atoms with E-state index >= 15 is 0 Å². The number of benzene rings is 2. The second kappa shape index (κ2) is 9.95. The number of hydrogen-bond donors (Lipinski definition) is 0. The van der Waals surface area contributed by atoms with Gasteiger partial charge in [-0.15, -0.1) is 0 Å². The van der Waals surface area contributed by atoms with E-state index in [0.717, 1.165) is 31.0 Å². The van der Waals surface area contributed by atoms with Crippen LogP contribution in [0.2, 0.25) is 0 Å². The van der Waals surface area contributed by atoms with Crippen LogP contribution in [0.25, 0.3) is 0 Å². The van der Waals surface area contributed by atoms with Crippen molar-refractivity contribution in [1.29, 1.82) is 0 Å². The Hall–Kier alpha value is -2.58. The van der Waals surface area contributed by atoms with Crippen molar-refractivity contribution in [2.45, 2.75) is 32.0 Å². The van der Waals surface area contributed by atoms with E-state index in [1.165, 1.54) is 19.1 Å². The molecular formula is C22H23F3O5. The Morgan fingerprint density at radius 2 is 1.70 bits per heavy atom. The molecule has 0 radical (unpaired) electrons. The number of halogens is 3. The lowest BCUT2D eigenvalue weighted by Crippen LogP contribution is -2.25. The number of carbonyl (C=O) groups is 1. The van der Waals surface area contributed by atoms with Gasteiger partial charge >= 0.3 is 6.18 Å². The lowest BCUT2D eigenvalue weighted by molar-refractivity contribution is -0.138. The normalized spacial score (nSPS) is 15.1. The Morgan fingerprint density at radius 1 is 1.03 bits per heavy atom. The second-order valence-corrected chi connectivity index (χ2v) is 6.87. The highest BCUT2D eigenvalue weighted by Gasteiger charge is 2.34. The number of hydrogen-bond acceptors (Lipinski definition) is 5. The smallest absolute Gasteiger partial charge is 0.419 e. The molecule has 0 N–H and O–H groups in total. The average molecular weight is 424 g/mol. The van der Waals surface area contributed by atoms with Gasteiger partial charge in [0.05, 0.1) is 18.3 Å². The highest BCUT2D eigenvalue weighted by Crippen LogP contribution is 2.39. The molecular weight excluding hydrogens is 401 g/mol. The minimum Gasteiger partial charge on any atom is -0.491 e. The van der Waals surface area contributed by atoms with E-state index in [-0.39, 0.29) is 23.2 Å². The third-order valence-electron chi connectivity index (χ3n) is 4.62. The largest absolute Gasteiger partial charge is 0.491 e. The maximum absolute atomic E-state index is 13.3. The zero-order valence-corrected chi connectivity index (χ0v) is 16.5. The first-order chi connectivity index (χ1) is 14.3. The zero-order chi connectivity index (χ0) is 21.6. The van der Waals surface area contributed by atoms with Crippen LogP contribution < -0.4 is 9.47 Å². The summed E-state index contributed by atoms with van der Waals surface area (Å²) < 4.78 is 61.8. The Balaban J connectivity index is 1.58. The molecule has 5 nitrogen and oxygen atoms in total. The maximum Gasteiger partial charge on any atom is 0.419 e. The van der Waals surface area contributed by atoms with Gasteiger partial charge in [-0.25, -0.2) is 0 Å². The third kappa shape index (κ3) is 6.21. The van der Waals surface area contributed by atoms with E-state index in [4.69, 9.17) is 18.9 Å². The van der Waals surface area contributed by atoms with Crippen molar-refractivity contribution in [2.24, 2.45) is 0 Å². The minimum absolute atomic E-state index is 0.141. The Kier molecular flexibility index (Phi) is 7.33. The summed E-state index contributed by atoms with van der Waals surface area (Å²) in [6.45, 7) is 3.49. The van der Waals surface area contributed by atoms with Crippen LogP contribution in [0.4, 0.5) is 13.2 Å². The van der Waals surface area contributed by atoms with E-state index in [1.54, 1.807) is 12.1 Å². The van der Waals surface area contributed by atoms with E-state index in [1.807, 2.05) is 0 Å². The summed E-state index contributed by atoms with van der Waals surface area (Å²) in [5.41, 5.74) is -0.805. The van der Waals surface area contributed by atoms with Crippen molar-refractivity contribution >= 4 is 5.78 Å². The van der Waals surface area contributed by atoms with Gasteiger partial charge in [-0.05, 0) is 56.2 Å². The second-order valence-electron chi connectivity index (χ2n) is 6.87. The summed E-state index contributed by atoms with van der Waals surface area (Å²) >= 11 is 0. The van der Waals surface area contributed by atoms with Crippen LogP contribution in [0.5, 0.6) is 17.2 Å². The lowest BCUT2D eigenvalue weighted by Gasteiger charge is -2.22. The van der Waals surface area contributed by atoms with Crippen molar-refractivity contribution in [3.63, 3.8) is 0 Å². The molecule has 2 aromatic rings. The molecule has 162 valence electrons. The summed E-state index contributed by atoms with van der Waals surface area (Å²) in [6, 6.07) is 9.31. The molecule has 0 amide bonds. The number of rotatable bonds is 8. The summed E-state index contributed by atoms with van der Waals surface area (Å²) in [4.78, 5) is 11.5. The SMILES string of the molecule is CC(=O)c1ccc(C(F)(F)F)c(Oc2ccc(OCCOC3CCOCC3)cc2)c1. The fraction of sp³-hybridized carbons (Fsp3) is 0.409. The minimum atomic E-state index is -4.60. The van der Waals surface area contributed by atoms with Gasteiger partial charge in [-0.1, -0.05) is 6.07 Å². The zero-order valence-electron chi connectivity index (χ0n) is 16.5. The van der Waals surface area contributed by atoms with E-state index < -0.39 is 17.5 Å². The molecule has 2 aromatic carbocycles. The van der Waals surface area contributed by atoms with Gasteiger partial charge in [0.25, 0.3) is 0 Å². The van der Waals surface area contributed by atoms with Gasteiger partial charge < -0.3 is 18.9 Å². The predicted octanol–water partition coefficient (Wildman–Crippen LogP) is 5.27. The van der Waals surface area contributed by atoms with Crippen LogP contribution >= 0.6 is 0 Å². The topological polar surface area (TPSA) is 54.0 Å². The molecule has 0 aromatic heterocycles. The van der Waals surface area contributed by atoms with Crippen LogP contribution in [-0.2, 0) is 15.7 Å². The molecule has 0 atom stereocenters. The fourth-order valence-electron chi connectivity index (χ4n) is 3.01. The lowest BCUT2D eigenvalue weighted by atomic mass is 10.1. The van der Waals surface area contributed by atoms with Crippen LogP contribution in [0, 0.1) is 0 Å². The summed E-state index contributed by atoms with van der Waals surface area (Å²) in [6.07, 6.45) is -2.67. The highest BCUT2D eigenvalue weighted by molar-refractivity contribution is 5.94. The monoisotopic (exact) mass is 424 g/mol. The molecule has 8 heteroatoms. The molecule has 0 bridgehead atoms. The van der Waals surface area contributed by atoms with Crippen LogP contribution in [0.3, 0.4) is 0 Å². The number of ether oxygens (including phenoxy) is 4. The third-order valence-corrected chi connectivity index (χ3v) is 4.62. The molecule has 1 saturated heterocycles. The number of ketones is 1. The summed E-state index contributed by atoms with van der Waals surface area (Å²) in [5, 5.41) is 0. The van der Waals surface area contributed by atoms with Gasteiger partial charge in [0.1, 0.15) is 23.9 Å². The van der Waals surface area contributed by atoms with Crippen molar-refractivity contribution in [3.8, 4) is 17.2 Å². The molecule has 3 rings (SSSR count). The van der Waals surface area contributed by atoms with Crippen LogP contribution in [-0.4, -0.2) is 38.3 Å². The predicted molar refractivity (Wildman–Crippen MR) is 103 cm³/mol. The Bertz CT molecular complexity index is 843. The van der Waals surface area contributed by atoms with Crippen LogP contribution in [0.15, 0.2) is 42.5 Å². The number of alkyl halides is 3. The Labute approximate surface area is 172 Å². The first kappa shape index (κ1) is 22.1. The van der Waals surface area contributed by atoms with Gasteiger partial charge in [-0.2, -0.15) is 13.2 Å². The fourth-order valence-corrected chi connectivity index (χ4v) is 3.01. The van der Waals surface area contributed by atoms with Gasteiger partial charge in [-0.3, -0.25) is 4.79 Å². The molecule has 0 saturated carbocycles. The quantitative estimate of drug-likeness (QED) is 0.427. The van der Waals surface area contributed by atoms with Crippen molar-refractivity contribution in [3.05, 3.63) is 53.6 Å². The van der Waals surface area contributed by atoms with Gasteiger partial charge in [0, 0.05) is 18.8 Å². The molecule has 30 heavy (non-hydrogen) atoms. The summed E-state index contributed by atoms with van der Waals surface area (Å²) in [7, 11) is 0. The van der Waals surface area contributed by atoms with Crippen molar-refractivity contribution in [1.82, 2.24) is 0 Å². The van der Waals surface area contributed by atoms with Crippen molar-refractivity contribution < 1.29 is 36.9 Å². The van der Waals surface area contributed by atoms with E-state index in [0.29, 0.717) is 32.2 Å². The molecule has 1 aliphatic heterocycles. The molecule has 1 heterocycles. The van der Waals surface area contributed by atoms with E-state index in [9.17, 15) is 18.0 Å². The molecule has 0 unspecified atom stereocenters. The maximum atomic E-state index is 13.3. The average Bonchev–Trinajstić information content (AvgIpc) is 2.72.